The molecule has 2 aromatic heterocycles. The third-order valence-electron chi connectivity index (χ3n) is 3.24. The molecule has 0 aliphatic heterocycles. The lowest BCUT2D eigenvalue weighted by Crippen LogP contribution is -2.09. The monoisotopic (exact) mass is 280 g/mol. The molecule has 1 aromatic carbocycles. The number of hydrogen-bond donors (Lipinski definition) is 3. The van der Waals surface area contributed by atoms with Crippen LogP contribution in [0.3, 0.4) is 0 Å². The molecular formula is C15H16N6. The van der Waals surface area contributed by atoms with Crippen LogP contribution in [-0.2, 0) is 0 Å². The molecule has 0 saturated carbocycles. The topological polar surface area (TPSA) is 94.8 Å². The molecule has 3 rings (SSSR count). The van der Waals surface area contributed by atoms with Crippen molar-refractivity contribution >= 4 is 11.4 Å². The lowest BCUT2D eigenvalue weighted by molar-refractivity contribution is 1.05. The number of imidazole rings is 1. The first-order chi connectivity index (χ1) is 10.2. The molecule has 21 heavy (non-hydrogen) atoms. The summed E-state index contributed by atoms with van der Waals surface area (Å²) in [6.07, 6.45) is 5.25. The van der Waals surface area contributed by atoms with Crippen molar-refractivity contribution in [2.24, 2.45) is 5.84 Å². The van der Waals surface area contributed by atoms with Crippen molar-refractivity contribution in [1.29, 1.82) is 0 Å². The molecule has 2 heterocycles. The van der Waals surface area contributed by atoms with E-state index in [1.807, 2.05) is 22.9 Å². The summed E-state index contributed by atoms with van der Waals surface area (Å²) in [4.78, 5) is 8.67. The van der Waals surface area contributed by atoms with Crippen molar-refractivity contribution in [3.05, 3.63) is 54.6 Å². The molecule has 0 aliphatic rings. The van der Waals surface area contributed by atoms with Crippen LogP contribution < -0.4 is 17.0 Å². The van der Waals surface area contributed by atoms with E-state index in [4.69, 9.17) is 11.6 Å². The number of aryl methyl sites for hydroxylation is 1. The van der Waals surface area contributed by atoms with E-state index in [9.17, 15) is 0 Å². The Morgan fingerprint density at radius 3 is 2.76 bits per heavy atom. The number of benzene rings is 1. The SMILES string of the molecule is Cc1cccc(-n2cnc(-c3cc(NN)c(N)cn3)c2)c1. The molecule has 0 unspecified atom stereocenters. The predicted molar refractivity (Wildman–Crippen MR) is 83.8 cm³/mol. The summed E-state index contributed by atoms with van der Waals surface area (Å²) in [6, 6.07) is 9.97. The Labute approximate surface area is 122 Å². The highest BCUT2D eigenvalue weighted by Gasteiger charge is 2.07. The second-order valence-corrected chi connectivity index (χ2v) is 4.81. The minimum absolute atomic E-state index is 0.499. The van der Waals surface area contributed by atoms with Crippen molar-refractivity contribution in [1.82, 2.24) is 14.5 Å². The van der Waals surface area contributed by atoms with E-state index in [2.05, 4.69) is 34.5 Å². The van der Waals surface area contributed by atoms with Gasteiger partial charge in [-0.2, -0.15) is 0 Å². The van der Waals surface area contributed by atoms with Gasteiger partial charge in [-0.25, -0.2) is 4.98 Å². The van der Waals surface area contributed by atoms with Gasteiger partial charge < -0.3 is 15.7 Å². The van der Waals surface area contributed by atoms with Crippen LogP contribution in [-0.4, -0.2) is 14.5 Å². The smallest absolute Gasteiger partial charge is 0.107 e. The molecule has 0 radical (unpaired) electrons. The van der Waals surface area contributed by atoms with Crippen LogP contribution in [0, 0.1) is 6.92 Å². The molecule has 6 nitrogen and oxygen atoms in total. The van der Waals surface area contributed by atoms with Crippen LogP contribution in [0.4, 0.5) is 11.4 Å². The summed E-state index contributed by atoms with van der Waals surface area (Å²) >= 11 is 0. The summed E-state index contributed by atoms with van der Waals surface area (Å²) < 4.78 is 1.95. The van der Waals surface area contributed by atoms with Gasteiger partial charge in [0.2, 0.25) is 0 Å². The van der Waals surface area contributed by atoms with Gasteiger partial charge in [0.25, 0.3) is 0 Å². The molecule has 0 aliphatic carbocycles. The van der Waals surface area contributed by atoms with E-state index >= 15 is 0 Å². The van der Waals surface area contributed by atoms with Gasteiger partial charge >= 0.3 is 0 Å². The maximum Gasteiger partial charge on any atom is 0.107 e. The zero-order valence-electron chi connectivity index (χ0n) is 11.6. The fraction of sp³-hybridized carbons (Fsp3) is 0.0667. The highest BCUT2D eigenvalue weighted by atomic mass is 15.2. The fourth-order valence-corrected chi connectivity index (χ4v) is 2.12. The van der Waals surface area contributed by atoms with Crippen LogP contribution >= 0.6 is 0 Å². The highest BCUT2D eigenvalue weighted by molar-refractivity contribution is 5.70. The zero-order chi connectivity index (χ0) is 14.8. The molecular weight excluding hydrogens is 264 g/mol. The van der Waals surface area contributed by atoms with Gasteiger partial charge in [0, 0.05) is 11.9 Å². The standard InChI is InChI=1S/C15H16N6/c1-10-3-2-4-11(5-10)21-8-15(19-9-21)14-6-13(20-17)12(16)7-18-14/h2-9H,16-17H2,1H3,(H,18,20). The lowest BCUT2D eigenvalue weighted by atomic mass is 10.2. The molecule has 0 spiro atoms. The maximum absolute atomic E-state index is 5.76. The van der Waals surface area contributed by atoms with Gasteiger partial charge in [-0.1, -0.05) is 12.1 Å². The normalized spacial score (nSPS) is 10.6. The number of nitrogen functional groups attached to an aromatic ring is 2. The van der Waals surface area contributed by atoms with Crippen LogP contribution in [0.25, 0.3) is 17.1 Å². The Balaban J connectivity index is 1.98. The first-order valence-corrected chi connectivity index (χ1v) is 6.51. The molecule has 106 valence electrons. The van der Waals surface area contributed by atoms with Crippen LogP contribution in [0.5, 0.6) is 0 Å². The Bertz CT molecular complexity index is 777. The van der Waals surface area contributed by atoms with Crippen molar-refractivity contribution in [2.45, 2.75) is 6.92 Å². The number of nitrogens with zero attached hydrogens (tertiary/aromatic N) is 3. The second-order valence-electron chi connectivity index (χ2n) is 4.81. The number of nitrogens with one attached hydrogen (secondary N) is 1. The molecule has 0 atom stereocenters. The fourth-order valence-electron chi connectivity index (χ4n) is 2.12. The lowest BCUT2D eigenvalue weighted by Gasteiger charge is -2.05. The summed E-state index contributed by atoms with van der Waals surface area (Å²) in [5.41, 5.74) is 13.2. The number of anilines is 2. The third-order valence-corrected chi connectivity index (χ3v) is 3.24. The first-order valence-electron chi connectivity index (χ1n) is 6.51. The molecule has 0 amide bonds. The summed E-state index contributed by atoms with van der Waals surface area (Å²) in [6.45, 7) is 2.06. The highest BCUT2D eigenvalue weighted by Crippen LogP contribution is 2.23. The average Bonchev–Trinajstić information content (AvgIpc) is 2.97. The Kier molecular flexibility index (Phi) is 3.29. The Hall–Kier alpha value is -2.86. The number of pyridine rings is 1. The molecule has 3 aromatic rings. The largest absolute Gasteiger partial charge is 0.396 e. The van der Waals surface area contributed by atoms with Crippen molar-refractivity contribution in [3.63, 3.8) is 0 Å². The Morgan fingerprint density at radius 1 is 1.14 bits per heavy atom. The van der Waals surface area contributed by atoms with Crippen LogP contribution in [0.2, 0.25) is 0 Å². The number of hydrazine groups is 1. The van der Waals surface area contributed by atoms with Crippen molar-refractivity contribution in [2.75, 3.05) is 11.2 Å². The summed E-state index contributed by atoms with van der Waals surface area (Å²) in [5.74, 6) is 5.43. The molecule has 6 heteroatoms. The van der Waals surface area contributed by atoms with Crippen molar-refractivity contribution in [3.8, 4) is 17.1 Å². The number of hydrogen-bond acceptors (Lipinski definition) is 5. The van der Waals surface area contributed by atoms with Gasteiger partial charge in [-0.3, -0.25) is 10.8 Å². The molecule has 0 saturated heterocycles. The third kappa shape index (κ3) is 2.56. The summed E-state index contributed by atoms with van der Waals surface area (Å²) in [7, 11) is 0. The Morgan fingerprint density at radius 2 is 2.00 bits per heavy atom. The van der Waals surface area contributed by atoms with E-state index in [-0.39, 0.29) is 0 Å². The first kappa shape index (κ1) is 13.1. The van der Waals surface area contributed by atoms with E-state index < -0.39 is 0 Å². The molecule has 0 fully saturated rings. The van der Waals surface area contributed by atoms with Gasteiger partial charge in [0.05, 0.1) is 29.6 Å². The van der Waals surface area contributed by atoms with Crippen LogP contribution in [0.15, 0.2) is 49.1 Å². The maximum atomic E-state index is 5.76. The van der Waals surface area contributed by atoms with Gasteiger partial charge in [-0.05, 0) is 30.7 Å². The predicted octanol–water partition coefficient (Wildman–Crippen LogP) is 2.11. The summed E-state index contributed by atoms with van der Waals surface area (Å²) in [5, 5.41) is 0. The van der Waals surface area contributed by atoms with Gasteiger partial charge in [0.1, 0.15) is 5.69 Å². The molecule has 5 N–H and O–H groups in total. The quantitative estimate of drug-likeness (QED) is 0.504. The average molecular weight is 280 g/mol. The van der Waals surface area contributed by atoms with Gasteiger partial charge in [-0.15, -0.1) is 0 Å². The number of aromatic nitrogens is 3. The van der Waals surface area contributed by atoms with Gasteiger partial charge in [0.15, 0.2) is 0 Å². The zero-order valence-corrected chi connectivity index (χ0v) is 11.6. The number of nitrogens with two attached hydrogens (primary N) is 2. The second kappa shape index (κ2) is 5.26. The number of rotatable bonds is 3. The molecule has 0 bridgehead atoms. The van der Waals surface area contributed by atoms with E-state index in [0.717, 1.165) is 11.4 Å². The van der Waals surface area contributed by atoms with Crippen molar-refractivity contribution < 1.29 is 0 Å². The van der Waals surface area contributed by atoms with E-state index in [0.29, 0.717) is 17.1 Å². The van der Waals surface area contributed by atoms with Crippen LogP contribution in [0.1, 0.15) is 5.56 Å². The van der Waals surface area contributed by atoms with E-state index in [1.165, 1.54) is 5.56 Å². The minimum atomic E-state index is 0.499. The van der Waals surface area contributed by atoms with E-state index in [1.54, 1.807) is 18.6 Å². The minimum Gasteiger partial charge on any atom is -0.396 e.